The summed E-state index contributed by atoms with van der Waals surface area (Å²) in [6.07, 6.45) is 0. The van der Waals surface area contributed by atoms with Gasteiger partial charge in [0.25, 0.3) is 5.56 Å². The highest BCUT2D eigenvalue weighted by Crippen LogP contribution is 1.68. The second kappa shape index (κ2) is 1.73. The van der Waals surface area contributed by atoms with Crippen LogP contribution in [-0.4, -0.2) is 15.2 Å². The van der Waals surface area contributed by atoms with Crippen LogP contribution in [-0.2, 0) is 0 Å². The summed E-state index contributed by atoms with van der Waals surface area (Å²) in [5.74, 6) is -0.241. The Morgan fingerprint density at radius 2 is 2.11 bits per heavy atom. The molecule has 6 heteroatoms. The highest BCUT2D eigenvalue weighted by Gasteiger charge is 1.91. The number of hydrogen-bond donors (Lipinski definition) is 3. The summed E-state index contributed by atoms with van der Waals surface area (Å²) < 4.78 is 0. The Hall–Kier alpha value is -1.59. The third-order valence-corrected chi connectivity index (χ3v) is 0.738. The lowest BCUT2D eigenvalue weighted by Crippen LogP contribution is -2.26. The number of H-pyrrole nitrogens is 2. The summed E-state index contributed by atoms with van der Waals surface area (Å²) in [5.41, 5.74) is 3.64. The summed E-state index contributed by atoms with van der Waals surface area (Å²) in [7, 11) is 0. The molecule has 0 aliphatic carbocycles. The number of hydrogen-bond acceptors (Lipinski definition) is 4. The first-order chi connectivity index (χ1) is 4.20. The lowest BCUT2D eigenvalue weighted by Gasteiger charge is -1.83. The van der Waals surface area contributed by atoms with Gasteiger partial charge in [-0.3, -0.25) is 9.78 Å². The third-order valence-electron chi connectivity index (χ3n) is 0.738. The maximum Gasteiger partial charge on any atom is 0.342 e. The molecular formula is C3H4N4O2. The molecule has 0 aliphatic heterocycles. The number of aromatic nitrogens is 3. The van der Waals surface area contributed by atoms with Crippen molar-refractivity contribution in [1.82, 2.24) is 15.2 Å². The van der Waals surface area contributed by atoms with Gasteiger partial charge in [-0.25, -0.2) is 9.89 Å². The van der Waals surface area contributed by atoms with Gasteiger partial charge in [0.2, 0.25) is 5.82 Å². The highest BCUT2D eigenvalue weighted by atomic mass is 16.2. The van der Waals surface area contributed by atoms with E-state index < -0.39 is 11.2 Å². The number of nitrogens with zero attached hydrogens (tertiary/aromatic N) is 1. The Morgan fingerprint density at radius 3 is 2.56 bits per heavy atom. The van der Waals surface area contributed by atoms with E-state index >= 15 is 0 Å². The minimum atomic E-state index is -0.668. The van der Waals surface area contributed by atoms with E-state index in [9.17, 15) is 9.59 Å². The lowest BCUT2D eigenvalue weighted by molar-refractivity contribution is 0.901. The summed E-state index contributed by atoms with van der Waals surface area (Å²) in [6, 6.07) is 0. The van der Waals surface area contributed by atoms with E-state index in [1.165, 1.54) is 0 Å². The van der Waals surface area contributed by atoms with Crippen molar-refractivity contribution in [2.24, 2.45) is 0 Å². The maximum atomic E-state index is 10.4. The van der Waals surface area contributed by atoms with Gasteiger partial charge in [-0.05, 0) is 0 Å². The van der Waals surface area contributed by atoms with Crippen molar-refractivity contribution in [3.05, 3.63) is 20.8 Å². The zero-order valence-corrected chi connectivity index (χ0v) is 4.34. The van der Waals surface area contributed by atoms with E-state index in [0.29, 0.717) is 0 Å². The maximum absolute atomic E-state index is 10.4. The van der Waals surface area contributed by atoms with Gasteiger partial charge in [0, 0.05) is 0 Å². The Bertz CT molecular complexity index is 310. The van der Waals surface area contributed by atoms with E-state index in [0.717, 1.165) is 0 Å². The van der Waals surface area contributed by atoms with Crippen LogP contribution in [0.2, 0.25) is 0 Å². The molecule has 1 aromatic rings. The number of anilines is 1. The Balaban J connectivity index is 3.52. The topological polar surface area (TPSA) is 105 Å². The fourth-order valence-corrected chi connectivity index (χ4v) is 0.357. The lowest BCUT2D eigenvalue weighted by atomic mass is 10.7. The first kappa shape index (κ1) is 5.54. The van der Waals surface area contributed by atoms with Gasteiger partial charge in [0.1, 0.15) is 0 Å². The van der Waals surface area contributed by atoms with E-state index in [-0.39, 0.29) is 5.82 Å². The summed E-state index contributed by atoms with van der Waals surface area (Å²) in [5, 5.41) is 5.13. The van der Waals surface area contributed by atoms with E-state index in [1.54, 1.807) is 0 Å². The molecular weight excluding hydrogens is 124 g/mol. The van der Waals surface area contributed by atoms with Gasteiger partial charge < -0.3 is 5.73 Å². The van der Waals surface area contributed by atoms with Gasteiger partial charge >= 0.3 is 5.69 Å². The molecule has 0 spiro atoms. The Morgan fingerprint density at radius 1 is 1.44 bits per heavy atom. The predicted octanol–water partition coefficient (Wildman–Crippen LogP) is -1.96. The summed E-state index contributed by atoms with van der Waals surface area (Å²) in [6.45, 7) is 0. The molecule has 0 aliphatic rings. The molecule has 0 aromatic carbocycles. The van der Waals surface area contributed by atoms with Crippen LogP contribution in [0, 0.1) is 0 Å². The zero-order valence-electron chi connectivity index (χ0n) is 4.34. The molecule has 1 aromatic heterocycles. The number of nitrogens with one attached hydrogen (secondary N) is 2. The van der Waals surface area contributed by atoms with Crippen LogP contribution in [0.5, 0.6) is 0 Å². The monoisotopic (exact) mass is 128 g/mol. The van der Waals surface area contributed by atoms with Crippen LogP contribution in [0.15, 0.2) is 9.59 Å². The predicted molar refractivity (Wildman–Crippen MR) is 29.9 cm³/mol. The van der Waals surface area contributed by atoms with Crippen LogP contribution in [0.25, 0.3) is 0 Å². The van der Waals surface area contributed by atoms with Gasteiger partial charge in [0.05, 0.1) is 0 Å². The van der Waals surface area contributed by atoms with Crippen molar-refractivity contribution in [2.45, 2.75) is 0 Å². The van der Waals surface area contributed by atoms with Crippen molar-refractivity contribution in [3.63, 3.8) is 0 Å². The largest absolute Gasteiger partial charge is 0.378 e. The average Bonchev–Trinajstić information content (AvgIpc) is 1.80. The molecule has 0 radical (unpaired) electrons. The van der Waals surface area contributed by atoms with Gasteiger partial charge in [-0.2, -0.15) is 0 Å². The second-order valence-corrected chi connectivity index (χ2v) is 1.39. The Kier molecular flexibility index (Phi) is 1.07. The molecule has 0 saturated carbocycles. The van der Waals surface area contributed by atoms with Crippen LogP contribution in [0.1, 0.15) is 0 Å². The summed E-state index contributed by atoms with van der Waals surface area (Å²) in [4.78, 5) is 22.5. The van der Waals surface area contributed by atoms with Crippen LogP contribution >= 0.6 is 0 Å². The minimum Gasteiger partial charge on any atom is -0.378 e. The van der Waals surface area contributed by atoms with Crippen molar-refractivity contribution < 1.29 is 0 Å². The molecule has 0 fully saturated rings. The molecule has 0 bridgehead atoms. The first-order valence-electron chi connectivity index (χ1n) is 2.14. The van der Waals surface area contributed by atoms with Crippen molar-refractivity contribution >= 4 is 5.82 Å². The molecule has 0 unspecified atom stereocenters. The third kappa shape index (κ3) is 0.958. The van der Waals surface area contributed by atoms with Crippen LogP contribution in [0.3, 0.4) is 0 Å². The smallest absolute Gasteiger partial charge is 0.342 e. The first-order valence-corrected chi connectivity index (χ1v) is 2.14. The quantitative estimate of drug-likeness (QED) is 0.377. The molecule has 1 rings (SSSR count). The number of aromatic amines is 2. The molecule has 48 valence electrons. The molecule has 6 nitrogen and oxygen atoms in total. The molecule has 1 heterocycles. The van der Waals surface area contributed by atoms with Gasteiger partial charge in [-0.15, -0.1) is 5.10 Å². The molecule has 0 amide bonds. The van der Waals surface area contributed by atoms with Gasteiger partial charge in [0.15, 0.2) is 0 Å². The van der Waals surface area contributed by atoms with E-state index in [4.69, 9.17) is 5.73 Å². The number of nitrogens with two attached hydrogens (primary N) is 1. The van der Waals surface area contributed by atoms with Gasteiger partial charge in [-0.1, -0.05) is 0 Å². The fourth-order valence-electron chi connectivity index (χ4n) is 0.357. The SMILES string of the molecule is Nc1n[nH]c(=O)[nH]c1=O. The average molecular weight is 128 g/mol. The highest BCUT2D eigenvalue weighted by molar-refractivity contribution is 5.18. The standard InChI is InChI=1S/C3H4N4O2/c4-1-2(8)5-3(9)7-6-1/h(H2,4,6)(H2,5,7,8,9). The number of nitrogen functional groups attached to an aromatic ring is 1. The number of rotatable bonds is 0. The van der Waals surface area contributed by atoms with E-state index in [1.807, 2.05) is 10.1 Å². The summed E-state index contributed by atoms with van der Waals surface area (Å²) >= 11 is 0. The van der Waals surface area contributed by atoms with E-state index in [2.05, 4.69) is 5.10 Å². The molecule has 0 atom stereocenters. The van der Waals surface area contributed by atoms with Crippen LogP contribution < -0.4 is 17.0 Å². The normalized spacial score (nSPS) is 9.33. The molecule has 9 heavy (non-hydrogen) atoms. The minimum absolute atomic E-state index is 0.241. The van der Waals surface area contributed by atoms with Crippen molar-refractivity contribution in [1.29, 1.82) is 0 Å². The fraction of sp³-hybridized carbons (Fsp3) is 0. The zero-order chi connectivity index (χ0) is 6.85. The molecule has 4 N–H and O–H groups in total. The van der Waals surface area contributed by atoms with Crippen molar-refractivity contribution in [2.75, 3.05) is 5.73 Å². The molecule has 0 saturated heterocycles. The van der Waals surface area contributed by atoms with Crippen LogP contribution in [0.4, 0.5) is 5.82 Å². The Labute approximate surface area is 48.7 Å². The van der Waals surface area contributed by atoms with Crippen molar-refractivity contribution in [3.8, 4) is 0 Å². The second-order valence-electron chi connectivity index (χ2n) is 1.39.